The lowest BCUT2D eigenvalue weighted by Gasteiger charge is -2.52. The fraction of sp³-hybridized carbons (Fsp3) is 0.545. The van der Waals surface area contributed by atoms with Crippen LogP contribution in [0.2, 0.25) is 0 Å². The predicted molar refractivity (Wildman–Crippen MR) is 110 cm³/mol. The summed E-state index contributed by atoms with van der Waals surface area (Å²) in [5.41, 5.74) is 6.43. The predicted octanol–water partition coefficient (Wildman–Crippen LogP) is -0.925. The lowest BCUT2D eigenvalue weighted by Crippen LogP contribution is -2.33. The molecule has 1 aliphatic heterocycles. The molecule has 1 fully saturated rings. The third-order valence-electron chi connectivity index (χ3n) is 3.78. The van der Waals surface area contributed by atoms with Crippen LogP contribution in [0.3, 0.4) is 0 Å². The maximum absolute atomic E-state index is 11.6. The number of aromatic nitrogens is 4. The van der Waals surface area contributed by atoms with Gasteiger partial charge in [0.25, 0.3) is 0 Å². The van der Waals surface area contributed by atoms with Gasteiger partial charge in [0.1, 0.15) is 42.7 Å². The van der Waals surface area contributed by atoms with E-state index in [9.17, 15) is 15.1 Å². The summed E-state index contributed by atoms with van der Waals surface area (Å²) in [6.45, 7) is -0.204. The summed E-state index contributed by atoms with van der Waals surface area (Å²) < 4.78 is 12.6. The number of imidazole rings is 1. The number of ether oxygens (including phenoxy) is 1. The largest absolute Gasteiger partial charge is 0.709 e. The molecule has 0 bridgehead atoms. The zero-order valence-corrected chi connectivity index (χ0v) is 18.4. The second-order valence-corrected chi connectivity index (χ2v) is 18.1. The number of rotatable bonds is 6. The van der Waals surface area contributed by atoms with E-state index in [1.807, 2.05) is 0 Å². The Bertz CT molecular complexity index is 824. The number of hydrogen-bond acceptors (Lipinski definition) is 13. The molecule has 0 aromatic carbocycles. The van der Waals surface area contributed by atoms with Crippen LogP contribution >= 0.6 is 11.8 Å². The molecule has 150 valence electrons. The van der Waals surface area contributed by atoms with E-state index in [4.69, 9.17) is 39.5 Å². The highest BCUT2D eigenvalue weighted by Gasteiger charge is 2.45. The fourth-order valence-corrected chi connectivity index (χ4v) is 13.8. The van der Waals surface area contributed by atoms with Crippen molar-refractivity contribution in [3.05, 3.63) is 12.7 Å². The standard InChI is InChI=1S/C11H17N5O5P2S4/c12-9-6-10(14-2-13-9)16(3-15-6)11-8(18)7(17)5(21-11)1-20-23(26,27)4-22(19,24)25/h2-3,5,7-8,11,17-18H,1,4H2,(H,26,27)(H2,12,13,14)(H2,19,24,25)/p-3/t5-,7-,8-,11-/m1/s1. The van der Waals surface area contributed by atoms with Crippen molar-refractivity contribution in [2.24, 2.45) is 0 Å². The zero-order valence-electron chi connectivity index (χ0n) is 13.4. The first-order valence-electron chi connectivity index (χ1n) is 7.39. The Morgan fingerprint density at radius 1 is 1.22 bits per heavy atom. The molecular formula is C11H14N5O5P2S4-3. The molecule has 0 amide bonds. The molecular weight excluding hydrogens is 472 g/mol. The minimum atomic E-state index is -3.27. The Labute approximate surface area is 176 Å². The average Bonchev–Trinajstić information content (AvgIpc) is 3.07. The van der Waals surface area contributed by atoms with Gasteiger partial charge in [0.15, 0.2) is 17.7 Å². The Hall–Kier alpha value is 0.410. The molecule has 0 saturated carbocycles. The maximum Gasteiger partial charge on any atom is 0.167 e. The molecule has 1 aliphatic rings. The molecule has 3 heterocycles. The first kappa shape index (κ1) is 22.1. The van der Waals surface area contributed by atoms with Gasteiger partial charge in [-0.1, -0.05) is 5.89 Å². The summed E-state index contributed by atoms with van der Waals surface area (Å²) in [6.07, 6.45) is -1.86. The summed E-state index contributed by atoms with van der Waals surface area (Å²) in [6, 6.07) is 0. The summed E-state index contributed by atoms with van der Waals surface area (Å²) >= 11 is 19.6. The van der Waals surface area contributed by atoms with Crippen LogP contribution in [0.25, 0.3) is 11.2 Å². The second-order valence-electron chi connectivity index (χ2n) is 5.79. The van der Waals surface area contributed by atoms with Gasteiger partial charge in [-0.05, 0) is 0 Å². The number of anilines is 1. The molecule has 3 rings (SSSR count). The SMILES string of the molecule is Nc1ncnc2c1ncn2[C@@H]1O[C@H](CO[P+]([S-])([S-])C[P+]([O-])([S-])[S-])[C@@H](O)[C@H]1O. The van der Waals surface area contributed by atoms with Crippen molar-refractivity contribution in [1.29, 1.82) is 0 Å². The number of nitrogens with zero attached hydrogens (tertiary/aromatic N) is 4. The van der Waals surface area contributed by atoms with Crippen LogP contribution in [-0.2, 0) is 58.3 Å². The van der Waals surface area contributed by atoms with Gasteiger partial charge in [0.05, 0.1) is 6.33 Å². The van der Waals surface area contributed by atoms with E-state index < -0.39 is 36.3 Å². The van der Waals surface area contributed by atoms with Gasteiger partial charge in [-0.3, -0.25) is 15.0 Å². The Morgan fingerprint density at radius 2 is 1.93 bits per heavy atom. The molecule has 0 spiro atoms. The Morgan fingerprint density at radius 3 is 2.59 bits per heavy atom. The molecule has 4 N–H and O–H groups in total. The number of aliphatic hydroxyl groups excluding tert-OH is 2. The summed E-state index contributed by atoms with van der Waals surface area (Å²) in [4.78, 5) is 23.6. The molecule has 4 atom stereocenters. The monoisotopic (exact) mass is 486 g/mol. The van der Waals surface area contributed by atoms with E-state index in [0.29, 0.717) is 11.2 Å². The van der Waals surface area contributed by atoms with E-state index in [1.54, 1.807) is 0 Å². The van der Waals surface area contributed by atoms with E-state index >= 15 is 0 Å². The highest BCUT2D eigenvalue weighted by Crippen LogP contribution is 2.67. The van der Waals surface area contributed by atoms with Crippen molar-refractivity contribution in [2.75, 3.05) is 18.2 Å². The third kappa shape index (κ3) is 5.13. The van der Waals surface area contributed by atoms with Crippen LogP contribution in [-0.4, -0.2) is 60.6 Å². The molecule has 0 radical (unpaired) electrons. The van der Waals surface area contributed by atoms with Gasteiger partial charge >= 0.3 is 0 Å². The Kier molecular flexibility index (Phi) is 6.77. The van der Waals surface area contributed by atoms with Crippen LogP contribution in [0.5, 0.6) is 0 Å². The van der Waals surface area contributed by atoms with Gasteiger partial charge in [-0.15, -0.1) is 0 Å². The average molecular weight is 486 g/mol. The van der Waals surface area contributed by atoms with Gasteiger partial charge in [0, 0.05) is 0 Å². The van der Waals surface area contributed by atoms with Crippen LogP contribution in [0.1, 0.15) is 6.23 Å². The third-order valence-corrected chi connectivity index (χ3v) is 11.9. The minimum Gasteiger partial charge on any atom is -0.709 e. The van der Waals surface area contributed by atoms with Crippen LogP contribution in [0, 0.1) is 0 Å². The van der Waals surface area contributed by atoms with Crippen molar-refractivity contribution >= 4 is 77.8 Å². The van der Waals surface area contributed by atoms with E-state index in [0.717, 1.165) is 0 Å². The van der Waals surface area contributed by atoms with E-state index in [-0.39, 0.29) is 18.3 Å². The number of nitrogens with two attached hydrogens (primary N) is 1. The van der Waals surface area contributed by atoms with E-state index in [2.05, 4.69) is 39.4 Å². The summed E-state index contributed by atoms with van der Waals surface area (Å²) in [7, 11) is 0. The smallest absolute Gasteiger partial charge is 0.167 e. The van der Waals surface area contributed by atoms with Gasteiger partial charge in [-0.25, -0.2) is 15.0 Å². The van der Waals surface area contributed by atoms with Crippen LogP contribution < -0.4 is 10.6 Å². The van der Waals surface area contributed by atoms with Crippen molar-refractivity contribution in [3.63, 3.8) is 0 Å². The first-order valence-corrected chi connectivity index (χ1v) is 15.2. The quantitative estimate of drug-likeness (QED) is 0.341. The number of nitrogen functional groups attached to an aromatic ring is 1. The lowest BCUT2D eigenvalue weighted by atomic mass is 10.1. The number of aliphatic hydroxyl groups is 2. The first-order chi connectivity index (χ1) is 12.5. The van der Waals surface area contributed by atoms with Crippen molar-refractivity contribution in [3.8, 4) is 0 Å². The summed E-state index contributed by atoms with van der Waals surface area (Å²) in [5.74, 6) is -6.24. The maximum atomic E-state index is 11.6. The van der Waals surface area contributed by atoms with Gasteiger partial charge in [0.2, 0.25) is 0 Å². The van der Waals surface area contributed by atoms with Crippen molar-refractivity contribution < 1.29 is 24.4 Å². The molecule has 0 unspecified atom stereocenters. The lowest BCUT2D eigenvalue weighted by molar-refractivity contribution is -0.155. The van der Waals surface area contributed by atoms with Gasteiger partial charge < -0.3 is 74.6 Å². The second kappa shape index (κ2) is 8.27. The number of fused-ring (bicyclic) bond motifs is 1. The zero-order chi connectivity index (χ0) is 20.0. The molecule has 27 heavy (non-hydrogen) atoms. The highest BCUT2D eigenvalue weighted by molar-refractivity contribution is 8.79. The summed E-state index contributed by atoms with van der Waals surface area (Å²) in [5, 5.41) is 20.7. The normalized spacial score (nSPS) is 26.8. The topological polar surface area (TPSA) is 152 Å². The van der Waals surface area contributed by atoms with Crippen molar-refractivity contribution in [1.82, 2.24) is 19.5 Å². The molecule has 10 nitrogen and oxygen atoms in total. The molecule has 16 heteroatoms. The molecule has 2 aromatic heterocycles. The molecule has 2 aromatic rings. The highest BCUT2D eigenvalue weighted by atomic mass is 33.1. The van der Waals surface area contributed by atoms with Crippen LogP contribution in [0.4, 0.5) is 5.82 Å². The minimum absolute atomic E-state index is 0.177. The Balaban J connectivity index is 1.73. The molecule has 0 aliphatic carbocycles. The number of hydrogen-bond donors (Lipinski definition) is 3. The van der Waals surface area contributed by atoms with Crippen molar-refractivity contribution in [2.45, 2.75) is 24.5 Å². The van der Waals surface area contributed by atoms with Crippen LogP contribution in [0.15, 0.2) is 12.7 Å². The fourth-order valence-electron chi connectivity index (χ4n) is 2.59. The van der Waals surface area contributed by atoms with E-state index in [1.165, 1.54) is 17.2 Å². The van der Waals surface area contributed by atoms with Gasteiger partial charge in [-0.2, -0.15) is 0 Å². The molecule has 1 saturated heterocycles.